The minimum Gasteiger partial charge on any atom is -0.456 e. The predicted octanol–water partition coefficient (Wildman–Crippen LogP) is 9.49. The number of hydrogen-bond donors (Lipinski definition) is 0. The number of rotatable bonds is 4. The zero-order valence-electron chi connectivity index (χ0n) is 17.8. The van der Waals surface area contributed by atoms with E-state index in [1.807, 2.05) is 24.3 Å². The van der Waals surface area contributed by atoms with Crippen molar-refractivity contribution in [1.29, 1.82) is 0 Å². The fourth-order valence-corrected chi connectivity index (χ4v) is 4.74. The minimum absolute atomic E-state index is 0.897. The Labute approximate surface area is 200 Å². The van der Waals surface area contributed by atoms with Crippen molar-refractivity contribution < 1.29 is 4.42 Å². The van der Waals surface area contributed by atoms with Crippen molar-refractivity contribution in [1.82, 2.24) is 0 Å². The van der Waals surface area contributed by atoms with Gasteiger partial charge in [0.25, 0.3) is 0 Å². The molecular weight excluding hydrogens is 470 g/mol. The molecule has 0 saturated carbocycles. The van der Waals surface area contributed by atoms with Crippen LogP contribution in [0.5, 0.6) is 0 Å². The van der Waals surface area contributed by atoms with Crippen LogP contribution in [0.2, 0.25) is 0 Å². The summed E-state index contributed by atoms with van der Waals surface area (Å²) in [7, 11) is 0. The van der Waals surface area contributed by atoms with Crippen LogP contribution in [0.25, 0.3) is 33.1 Å². The second-order valence-corrected chi connectivity index (χ2v) is 8.92. The number of hydrogen-bond acceptors (Lipinski definition) is 2. The van der Waals surface area contributed by atoms with E-state index in [2.05, 4.69) is 118 Å². The minimum atomic E-state index is 0.897. The van der Waals surface area contributed by atoms with Gasteiger partial charge in [-0.05, 0) is 65.7 Å². The number of furan rings is 1. The molecule has 0 atom stereocenters. The number of halogens is 1. The van der Waals surface area contributed by atoms with Crippen molar-refractivity contribution in [2.24, 2.45) is 0 Å². The molecule has 1 heterocycles. The van der Waals surface area contributed by atoms with Gasteiger partial charge in [-0.1, -0.05) is 82.7 Å². The number of benzene rings is 5. The first-order valence-electron chi connectivity index (χ1n) is 10.9. The first-order valence-corrected chi connectivity index (χ1v) is 11.7. The van der Waals surface area contributed by atoms with Gasteiger partial charge in [0.2, 0.25) is 0 Å². The van der Waals surface area contributed by atoms with Gasteiger partial charge in [-0.3, -0.25) is 0 Å². The molecule has 0 saturated heterocycles. The standard InChI is InChI=1S/C30H20BrNO/c31-23-9-6-10-25(19-23)32(24-15-13-22(14-16-24)21-7-2-1-3-8-21)26-17-18-30-28(20-26)27-11-4-5-12-29(27)33-30/h1-20H. The third kappa shape index (κ3) is 3.71. The van der Waals surface area contributed by atoms with Gasteiger partial charge in [0.1, 0.15) is 11.2 Å². The SMILES string of the molecule is Brc1cccc(N(c2ccc(-c3ccccc3)cc2)c2ccc3oc4ccccc4c3c2)c1. The molecule has 0 bridgehead atoms. The third-order valence-electron chi connectivity index (χ3n) is 5.92. The van der Waals surface area contributed by atoms with E-state index in [-0.39, 0.29) is 0 Å². The van der Waals surface area contributed by atoms with Crippen molar-refractivity contribution in [3.05, 3.63) is 126 Å². The van der Waals surface area contributed by atoms with Crippen molar-refractivity contribution >= 4 is 54.9 Å². The van der Waals surface area contributed by atoms with E-state index in [1.165, 1.54) is 11.1 Å². The Morgan fingerprint density at radius 1 is 0.485 bits per heavy atom. The highest BCUT2D eigenvalue weighted by atomic mass is 79.9. The Morgan fingerprint density at radius 2 is 1.15 bits per heavy atom. The lowest BCUT2D eigenvalue weighted by atomic mass is 10.0. The van der Waals surface area contributed by atoms with E-state index in [1.54, 1.807) is 0 Å². The van der Waals surface area contributed by atoms with Gasteiger partial charge in [0.15, 0.2) is 0 Å². The third-order valence-corrected chi connectivity index (χ3v) is 6.41. The molecule has 1 aromatic heterocycles. The Bertz CT molecular complexity index is 1570. The largest absolute Gasteiger partial charge is 0.456 e. The zero-order chi connectivity index (χ0) is 22.2. The maximum atomic E-state index is 6.06. The first-order chi connectivity index (χ1) is 16.3. The summed E-state index contributed by atoms with van der Waals surface area (Å²) in [5.74, 6) is 0. The van der Waals surface area contributed by atoms with Gasteiger partial charge in [0, 0.05) is 32.3 Å². The van der Waals surface area contributed by atoms with Gasteiger partial charge in [-0.15, -0.1) is 0 Å². The quantitative estimate of drug-likeness (QED) is 0.245. The second kappa shape index (κ2) is 8.27. The molecule has 33 heavy (non-hydrogen) atoms. The smallest absolute Gasteiger partial charge is 0.135 e. The predicted molar refractivity (Wildman–Crippen MR) is 142 cm³/mol. The van der Waals surface area contributed by atoms with Crippen LogP contribution >= 0.6 is 15.9 Å². The molecule has 6 rings (SSSR count). The number of nitrogens with zero attached hydrogens (tertiary/aromatic N) is 1. The normalized spacial score (nSPS) is 11.2. The Balaban J connectivity index is 1.51. The van der Waals surface area contributed by atoms with Crippen molar-refractivity contribution in [2.75, 3.05) is 4.90 Å². The molecule has 158 valence electrons. The molecule has 0 amide bonds. The van der Waals surface area contributed by atoms with Crippen LogP contribution in [0.3, 0.4) is 0 Å². The van der Waals surface area contributed by atoms with Crippen molar-refractivity contribution in [3.63, 3.8) is 0 Å². The molecule has 0 radical (unpaired) electrons. The summed E-state index contributed by atoms with van der Waals surface area (Å²) < 4.78 is 7.10. The second-order valence-electron chi connectivity index (χ2n) is 8.01. The fourth-order valence-electron chi connectivity index (χ4n) is 4.35. The highest BCUT2D eigenvalue weighted by molar-refractivity contribution is 9.10. The zero-order valence-corrected chi connectivity index (χ0v) is 19.4. The Kier molecular flexibility index (Phi) is 4.97. The Hall–Kier alpha value is -3.82. The molecule has 0 spiro atoms. The summed E-state index contributed by atoms with van der Waals surface area (Å²) >= 11 is 3.64. The molecule has 2 nitrogen and oxygen atoms in total. The summed E-state index contributed by atoms with van der Waals surface area (Å²) in [6, 6.07) is 42.2. The molecule has 0 fully saturated rings. The number of para-hydroxylation sites is 1. The van der Waals surface area contributed by atoms with Crippen LogP contribution in [-0.2, 0) is 0 Å². The molecule has 0 aliphatic rings. The number of anilines is 3. The van der Waals surface area contributed by atoms with Crippen LogP contribution < -0.4 is 4.90 Å². The van der Waals surface area contributed by atoms with Gasteiger partial charge in [-0.2, -0.15) is 0 Å². The summed E-state index contributed by atoms with van der Waals surface area (Å²) in [4.78, 5) is 2.28. The van der Waals surface area contributed by atoms with E-state index < -0.39 is 0 Å². The van der Waals surface area contributed by atoms with Crippen LogP contribution in [0.1, 0.15) is 0 Å². The summed E-state index contributed by atoms with van der Waals surface area (Å²) in [5, 5.41) is 2.24. The monoisotopic (exact) mass is 489 g/mol. The van der Waals surface area contributed by atoms with Gasteiger partial charge in [-0.25, -0.2) is 0 Å². The summed E-state index contributed by atoms with van der Waals surface area (Å²) in [6.07, 6.45) is 0. The first kappa shape index (κ1) is 19.8. The lowest BCUT2D eigenvalue weighted by Gasteiger charge is -2.26. The number of fused-ring (bicyclic) bond motifs is 3. The lowest BCUT2D eigenvalue weighted by Crippen LogP contribution is -2.09. The molecule has 0 N–H and O–H groups in total. The molecule has 0 aliphatic heterocycles. The average molecular weight is 490 g/mol. The highest BCUT2D eigenvalue weighted by Gasteiger charge is 2.15. The Morgan fingerprint density at radius 3 is 1.97 bits per heavy atom. The van der Waals surface area contributed by atoms with Gasteiger partial charge >= 0.3 is 0 Å². The van der Waals surface area contributed by atoms with E-state index >= 15 is 0 Å². The van der Waals surface area contributed by atoms with Gasteiger partial charge < -0.3 is 9.32 Å². The van der Waals surface area contributed by atoms with E-state index in [9.17, 15) is 0 Å². The van der Waals surface area contributed by atoms with Crippen LogP contribution in [-0.4, -0.2) is 0 Å². The van der Waals surface area contributed by atoms with E-state index in [0.717, 1.165) is 43.5 Å². The molecule has 0 unspecified atom stereocenters. The molecule has 6 aromatic rings. The summed E-state index contributed by atoms with van der Waals surface area (Å²) in [6.45, 7) is 0. The van der Waals surface area contributed by atoms with E-state index in [0.29, 0.717) is 0 Å². The average Bonchev–Trinajstić information content (AvgIpc) is 3.23. The topological polar surface area (TPSA) is 16.4 Å². The van der Waals surface area contributed by atoms with Crippen LogP contribution in [0.4, 0.5) is 17.1 Å². The highest BCUT2D eigenvalue weighted by Crippen LogP contribution is 2.39. The summed E-state index contributed by atoms with van der Waals surface area (Å²) in [5.41, 5.74) is 7.48. The maximum Gasteiger partial charge on any atom is 0.135 e. The molecular formula is C30H20BrNO. The molecule has 0 aliphatic carbocycles. The molecule has 3 heteroatoms. The van der Waals surface area contributed by atoms with Gasteiger partial charge in [0.05, 0.1) is 0 Å². The lowest BCUT2D eigenvalue weighted by molar-refractivity contribution is 0.669. The maximum absolute atomic E-state index is 6.06. The fraction of sp³-hybridized carbons (Fsp3) is 0. The van der Waals surface area contributed by atoms with Crippen LogP contribution in [0, 0.1) is 0 Å². The molecule has 5 aromatic carbocycles. The van der Waals surface area contributed by atoms with E-state index in [4.69, 9.17) is 4.42 Å². The van der Waals surface area contributed by atoms with Crippen molar-refractivity contribution in [3.8, 4) is 11.1 Å². The van der Waals surface area contributed by atoms with Crippen molar-refractivity contribution in [2.45, 2.75) is 0 Å². The van der Waals surface area contributed by atoms with Crippen LogP contribution in [0.15, 0.2) is 130 Å².